The zero-order valence-electron chi connectivity index (χ0n) is 11.7. The lowest BCUT2D eigenvalue weighted by molar-refractivity contribution is 0.292. The van der Waals surface area contributed by atoms with Crippen LogP contribution in [0.3, 0.4) is 0 Å². The van der Waals surface area contributed by atoms with Gasteiger partial charge in [-0.1, -0.05) is 31.5 Å². The first-order valence-electron chi connectivity index (χ1n) is 6.01. The summed E-state index contributed by atoms with van der Waals surface area (Å²) < 4.78 is 26.3. The van der Waals surface area contributed by atoms with Gasteiger partial charge in [0.15, 0.2) is 0 Å². The average Bonchev–Trinajstić information content (AvgIpc) is 2.37. The molecule has 5 nitrogen and oxygen atoms in total. The van der Waals surface area contributed by atoms with Crippen LogP contribution in [0, 0.1) is 16.7 Å². The maximum atomic E-state index is 12.5. The molecule has 1 aromatic carbocycles. The van der Waals surface area contributed by atoms with Crippen LogP contribution in [-0.2, 0) is 10.0 Å². The van der Waals surface area contributed by atoms with Crippen molar-refractivity contribution >= 4 is 21.6 Å². The molecule has 0 unspecified atom stereocenters. The van der Waals surface area contributed by atoms with Crippen LogP contribution >= 0.6 is 11.6 Å². The van der Waals surface area contributed by atoms with Crippen molar-refractivity contribution in [3.8, 4) is 6.07 Å². The first kappa shape index (κ1) is 16.9. The predicted molar refractivity (Wildman–Crippen MR) is 78.8 cm³/mol. The Hall–Kier alpha value is -1.13. The van der Waals surface area contributed by atoms with E-state index in [0.717, 1.165) is 0 Å². The van der Waals surface area contributed by atoms with Crippen LogP contribution in [-0.4, -0.2) is 32.9 Å². The van der Waals surface area contributed by atoms with Crippen molar-refractivity contribution in [3.63, 3.8) is 0 Å². The fourth-order valence-electron chi connectivity index (χ4n) is 1.75. The van der Waals surface area contributed by atoms with Crippen molar-refractivity contribution in [2.45, 2.75) is 18.7 Å². The summed E-state index contributed by atoms with van der Waals surface area (Å²) in [5.74, 6) is 0. The van der Waals surface area contributed by atoms with Gasteiger partial charge in [0.2, 0.25) is 10.0 Å². The molecular weight excluding hydrogens is 298 g/mol. The molecule has 0 fully saturated rings. The zero-order valence-corrected chi connectivity index (χ0v) is 13.3. The molecule has 0 bridgehead atoms. The van der Waals surface area contributed by atoms with Crippen LogP contribution in [0.2, 0.25) is 5.02 Å². The molecule has 0 saturated carbocycles. The van der Waals surface area contributed by atoms with Crippen molar-refractivity contribution in [1.82, 2.24) is 4.31 Å². The van der Waals surface area contributed by atoms with Crippen LogP contribution in [0.5, 0.6) is 0 Å². The maximum Gasteiger partial charge on any atom is 0.244 e. The second-order valence-corrected chi connectivity index (χ2v) is 7.77. The summed E-state index contributed by atoms with van der Waals surface area (Å²) in [4.78, 5) is -0.0807. The first-order chi connectivity index (χ1) is 9.15. The van der Waals surface area contributed by atoms with Gasteiger partial charge in [-0.3, -0.25) is 0 Å². The van der Waals surface area contributed by atoms with E-state index in [4.69, 9.17) is 22.6 Å². The largest absolute Gasteiger partial charge is 0.330 e. The Balaban J connectivity index is 3.25. The fourth-order valence-corrected chi connectivity index (χ4v) is 3.54. The summed E-state index contributed by atoms with van der Waals surface area (Å²) in [6, 6.07) is 6.22. The van der Waals surface area contributed by atoms with Crippen molar-refractivity contribution in [3.05, 3.63) is 28.8 Å². The zero-order chi connectivity index (χ0) is 15.6. The van der Waals surface area contributed by atoms with E-state index in [1.165, 1.54) is 29.6 Å². The molecular formula is C13H18ClN3O2S. The smallest absolute Gasteiger partial charge is 0.244 e. The number of benzene rings is 1. The van der Waals surface area contributed by atoms with E-state index in [-0.39, 0.29) is 27.4 Å². The third-order valence-electron chi connectivity index (χ3n) is 2.98. The summed E-state index contributed by atoms with van der Waals surface area (Å²) in [7, 11) is -2.31. The standard InChI is InChI=1S/C13H18ClN3O2S/c1-13(2,8-16)9-17(3)20(18,19)12-6-4-5-11(14)10(12)7-15/h4-6H,8-9,16H2,1-3H3. The number of rotatable bonds is 5. The lowest BCUT2D eigenvalue weighted by Crippen LogP contribution is -2.39. The Kier molecular flexibility index (Phi) is 5.16. The molecule has 7 heteroatoms. The molecule has 110 valence electrons. The number of hydrogen-bond donors (Lipinski definition) is 1. The average molecular weight is 316 g/mol. The third kappa shape index (κ3) is 3.49. The van der Waals surface area contributed by atoms with Gasteiger partial charge in [-0.05, 0) is 24.1 Å². The predicted octanol–water partition coefficient (Wildman–Crippen LogP) is 1.82. The molecule has 2 N–H and O–H groups in total. The monoisotopic (exact) mass is 315 g/mol. The van der Waals surface area contributed by atoms with Gasteiger partial charge in [0.1, 0.15) is 11.0 Å². The van der Waals surface area contributed by atoms with Crippen molar-refractivity contribution in [2.75, 3.05) is 20.1 Å². The minimum atomic E-state index is -3.78. The molecule has 0 aliphatic heterocycles. The summed E-state index contributed by atoms with van der Waals surface area (Å²) in [5.41, 5.74) is 5.23. The highest BCUT2D eigenvalue weighted by atomic mass is 35.5. The van der Waals surface area contributed by atoms with Gasteiger partial charge in [-0.2, -0.15) is 5.26 Å². The number of nitrogens with zero attached hydrogens (tertiary/aromatic N) is 2. The van der Waals surface area contributed by atoms with Gasteiger partial charge in [0, 0.05) is 13.6 Å². The van der Waals surface area contributed by atoms with Crippen LogP contribution in [0.4, 0.5) is 0 Å². The number of hydrogen-bond acceptors (Lipinski definition) is 4. The molecule has 0 amide bonds. The van der Waals surface area contributed by atoms with E-state index in [0.29, 0.717) is 6.54 Å². The highest BCUT2D eigenvalue weighted by molar-refractivity contribution is 7.89. The third-order valence-corrected chi connectivity index (χ3v) is 5.14. The molecule has 0 spiro atoms. The van der Waals surface area contributed by atoms with Crippen molar-refractivity contribution in [1.29, 1.82) is 5.26 Å². The van der Waals surface area contributed by atoms with Gasteiger partial charge in [0.25, 0.3) is 0 Å². The Labute approximate surface area is 125 Å². The van der Waals surface area contributed by atoms with Gasteiger partial charge in [-0.15, -0.1) is 0 Å². The SMILES string of the molecule is CN(CC(C)(C)CN)S(=O)(=O)c1cccc(Cl)c1C#N. The van der Waals surface area contributed by atoms with E-state index in [9.17, 15) is 8.42 Å². The van der Waals surface area contributed by atoms with E-state index >= 15 is 0 Å². The van der Waals surface area contributed by atoms with Gasteiger partial charge in [-0.25, -0.2) is 12.7 Å². The quantitative estimate of drug-likeness (QED) is 0.897. The van der Waals surface area contributed by atoms with Crippen LogP contribution < -0.4 is 5.73 Å². The number of nitriles is 1. The molecule has 0 aliphatic rings. The minimum absolute atomic E-state index is 0.0356. The lowest BCUT2D eigenvalue weighted by Gasteiger charge is -2.28. The van der Waals surface area contributed by atoms with Gasteiger partial charge < -0.3 is 5.73 Å². The normalized spacial score (nSPS) is 12.4. The summed E-state index contributed by atoms with van der Waals surface area (Å²) in [6.07, 6.45) is 0. The van der Waals surface area contributed by atoms with E-state index < -0.39 is 10.0 Å². The van der Waals surface area contributed by atoms with E-state index in [2.05, 4.69) is 0 Å². The molecule has 0 aliphatic carbocycles. The maximum absolute atomic E-state index is 12.5. The second-order valence-electron chi connectivity index (χ2n) is 5.35. The fraction of sp³-hybridized carbons (Fsp3) is 0.462. The molecule has 1 rings (SSSR count). The van der Waals surface area contributed by atoms with E-state index in [1.54, 1.807) is 0 Å². The molecule has 20 heavy (non-hydrogen) atoms. The number of halogens is 1. The lowest BCUT2D eigenvalue weighted by atomic mass is 9.94. The Bertz CT molecular complexity index is 636. The molecule has 0 radical (unpaired) electrons. The molecule has 0 heterocycles. The van der Waals surface area contributed by atoms with Crippen LogP contribution in [0.1, 0.15) is 19.4 Å². The Morgan fingerprint density at radius 2 is 2.05 bits per heavy atom. The summed E-state index contributed by atoms with van der Waals surface area (Å²) in [6.45, 7) is 4.36. The molecule has 1 aromatic rings. The molecule has 0 saturated heterocycles. The molecule has 0 aromatic heterocycles. The number of sulfonamides is 1. The van der Waals surface area contributed by atoms with Crippen molar-refractivity contribution < 1.29 is 8.42 Å². The number of nitrogens with two attached hydrogens (primary N) is 1. The first-order valence-corrected chi connectivity index (χ1v) is 7.82. The van der Waals surface area contributed by atoms with Gasteiger partial charge in [0.05, 0.1) is 10.6 Å². The van der Waals surface area contributed by atoms with Gasteiger partial charge >= 0.3 is 0 Å². The van der Waals surface area contributed by atoms with Crippen LogP contribution in [0.15, 0.2) is 23.1 Å². The Morgan fingerprint density at radius 3 is 2.55 bits per heavy atom. The topological polar surface area (TPSA) is 87.2 Å². The highest BCUT2D eigenvalue weighted by Crippen LogP contribution is 2.27. The highest BCUT2D eigenvalue weighted by Gasteiger charge is 2.29. The van der Waals surface area contributed by atoms with Crippen molar-refractivity contribution in [2.24, 2.45) is 11.1 Å². The van der Waals surface area contributed by atoms with Crippen LogP contribution in [0.25, 0.3) is 0 Å². The minimum Gasteiger partial charge on any atom is -0.330 e. The Morgan fingerprint density at radius 1 is 1.45 bits per heavy atom. The summed E-state index contributed by atoms with van der Waals surface area (Å²) in [5, 5.41) is 9.21. The summed E-state index contributed by atoms with van der Waals surface area (Å²) >= 11 is 5.88. The van der Waals surface area contributed by atoms with E-state index in [1.807, 2.05) is 19.9 Å². The molecule has 0 atom stereocenters. The second kappa shape index (κ2) is 6.10.